The second-order valence-electron chi connectivity index (χ2n) is 8.63. The SMILES string of the molecule is C[C@@H]1CC2=CC(=O)CC[C@@H]2[C@H]2CC[C@]3(C)C(O)C(Cl)=CC[C@H]3[C@@H]21. The summed E-state index contributed by atoms with van der Waals surface area (Å²) in [4.78, 5) is 11.8. The van der Waals surface area contributed by atoms with Gasteiger partial charge in [-0.25, -0.2) is 0 Å². The molecule has 2 saturated carbocycles. The number of allylic oxidation sites excluding steroid dienone is 3. The van der Waals surface area contributed by atoms with Crippen LogP contribution in [0.5, 0.6) is 0 Å². The Bertz CT molecular complexity index is 592. The molecule has 4 aliphatic carbocycles. The Morgan fingerprint density at radius 3 is 2.91 bits per heavy atom. The van der Waals surface area contributed by atoms with Gasteiger partial charge < -0.3 is 5.11 Å². The zero-order chi connectivity index (χ0) is 16.4. The van der Waals surface area contributed by atoms with Gasteiger partial charge in [-0.2, -0.15) is 0 Å². The van der Waals surface area contributed by atoms with E-state index in [0.717, 1.165) is 32.1 Å². The highest BCUT2D eigenvalue weighted by Gasteiger charge is 2.56. The van der Waals surface area contributed by atoms with Crippen LogP contribution in [0.2, 0.25) is 0 Å². The van der Waals surface area contributed by atoms with Crippen molar-refractivity contribution >= 4 is 17.4 Å². The number of hydrogen-bond acceptors (Lipinski definition) is 2. The number of halogens is 1. The first-order chi connectivity index (χ1) is 10.9. The van der Waals surface area contributed by atoms with Crippen molar-refractivity contribution in [3.63, 3.8) is 0 Å². The van der Waals surface area contributed by atoms with Gasteiger partial charge >= 0.3 is 0 Å². The molecule has 0 aromatic rings. The average Bonchev–Trinajstić information content (AvgIpc) is 2.51. The van der Waals surface area contributed by atoms with E-state index in [1.54, 1.807) is 0 Å². The van der Waals surface area contributed by atoms with E-state index < -0.39 is 6.10 Å². The molecule has 0 aliphatic heterocycles. The van der Waals surface area contributed by atoms with Crippen LogP contribution < -0.4 is 0 Å². The molecule has 126 valence electrons. The molecule has 2 nitrogen and oxygen atoms in total. The van der Waals surface area contributed by atoms with Crippen molar-refractivity contribution in [1.82, 2.24) is 0 Å². The van der Waals surface area contributed by atoms with Crippen LogP contribution >= 0.6 is 11.6 Å². The standard InChI is InChI=1S/C20H27ClO2/c1-11-9-12-10-13(22)3-4-14(12)15-7-8-20(2)16(18(11)15)5-6-17(21)19(20)23/h6,10-11,14-16,18-19,23H,3-5,7-9H2,1-2H3/t11-,14+,15-,16+,18-,19?,20+/m1/s1. The first-order valence-corrected chi connectivity index (χ1v) is 9.56. The summed E-state index contributed by atoms with van der Waals surface area (Å²) in [6, 6.07) is 0. The van der Waals surface area contributed by atoms with Crippen molar-refractivity contribution in [1.29, 1.82) is 0 Å². The lowest BCUT2D eigenvalue weighted by molar-refractivity contribution is -0.117. The molecule has 0 bridgehead atoms. The predicted octanol–water partition coefficient (Wildman–Crippen LogP) is 4.47. The van der Waals surface area contributed by atoms with Gasteiger partial charge in [0.2, 0.25) is 0 Å². The lowest BCUT2D eigenvalue weighted by Gasteiger charge is -2.59. The fourth-order valence-corrected chi connectivity index (χ4v) is 6.73. The molecule has 3 heteroatoms. The van der Waals surface area contributed by atoms with E-state index in [4.69, 9.17) is 11.6 Å². The van der Waals surface area contributed by atoms with E-state index in [0.29, 0.717) is 40.4 Å². The highest BCUT2D eigenvalue weighted by atomic mass is 35.5. The molecular formula is C20H27ClO2. The van der Waals surface area contributed by atoms with E-state index in [9.17, 15) is 9.90 Å². The quantitative estimate of drug-likeness (QED) is 0.709. The van der Waals surface area contributed by atoms with E-state index in [1.807, 2.05) is 6.08 Å². The summed E-state index contributed by atoms with van der Waals surface area (Å²) in [7, 11) is 0. The number of aliphatic hydroxyl groups is 1. The van der Waals surface area contributed by atoms with Gasteiger partial charge in [0.25, 0.3) is 0 Å². The van der Waals surface area contributed by atoms with Gasteiger partial charge in [-0.15, -0.1) is 0 Å². The summed E-state index contributed by atoms with van der Waals surface area (Å²) < 4.78 is 0. The van der Waals surface area contributed by atoms with Crippen LogP contribution in [-0.4, -0.2) is 17.0 Å². The Balaban J connectivity index is 1.70. The molecule has 0 heterocycles. The third-order valence-electron chi connectivity index (χ3n) is 7.53. The molecule has 0 saturated heterocycles. The Kier molecular flexibility index (Phi) is 3.77. The molecule has 23 heavy (non-hydrogen) atoms. The summed E-state index contributed by atoms with van der Waals surface area (Å²) in [6.45, 7) is 4.60. The number of rotatable bonds is 0. The largest absolute Gasteiger partial charge is 0.387 e. The molecule has 1 N–H and O–H groups in total. The van der Waals surface area contributed by atoms with E-state index in [1.165, 1.54) is 12.0 Å². The van der Waals surface area contributed by atoms with Crippen molar-refractivity contribution in [2.75, 3.05) is 0 Å². The molecular weight excluding hydrogens is 308 g/mol. The minimum absolute atomic E-state index is 0.0764. The van der Waals surface area contributed by atoms with Crippen LogP contribution in [0.4, 0.5) is 0 Å². The summed E-state index contributed by atoms with van der Waals surface area (Å²) in [6.07, 6.45) is 9.57. The molecule has 0 aromatic carbocycles. The first-order valence-electron chi connectivity index (χ1n) is 9.18. The van der Waals surface area contributed by atoms with Crippen molar-refractivity contribution in [3.8, 4) is 0 Å². The summed E-state index contributed by atoms with van der Waals surface area (Å²) in [5.74, 6) is 3.39. The maximum Gasteiger partial charge on any atom is 0.155 e. The maximum absolute atomic E-state index is 11.8. The topological polar surface area (TPSA) is 37.3 Å². The van der Waals surface area contributed by atoms with Crippen LogP contribution in [0.15, 0.2) is 22.8 Å². The smallest absolute Gasteiger partial charge is 0.155 e. The lowest BCUT2D eigenvalue weighted by Crippen LogP contribution is -2.54. The van der Waals surface area contributed by atoms with Gasteiger partial charge in [-0.3, -0.25) is 4.79 Å². The normalized spacial score (nSPS) is 49.5. The Labute approximate surface area is 144 Å². The van der Waals surface area contributed by atoms with Gasteiger partial charge in [-0.05, 0) is 67.8 Å². The molecule has 7 atom stereocenters. The number of carbonyl (C=O) groups excluding carboxylic acids is 1. The van der Waals surface area contributed by atoms with Crippen LogP contribution in [0.3, 0.4) is 0 Å². The number of carbonyl (C=O) groups is 1. The monoisotopic (exact) mass is 334 g/mol. The average molecular weight is 335 g/mol. The van der Waals surface area contributed by atoms with Gasteiger partial charge in [0.05, 0.1) is 6.10 Å². The van der Waals surface area contributed by atoms with Crippen molar-refractivity contribution < 1.29 is 9.90 Å². The number of aliphatic hydroxyl groups excluding tert-OH is 1. The summed E-state index contributed by atoms with van der Waals surface area (Å²) in [5, 5.41) is 11.4. The minimum Gasteiger partial charge on any atom is -0.387 e. The molecule has 2 fully saturated rings. The summed E-state index contributed by atoms with van der Waals surface area (Å²) >= 11 is 6.28. The highest BCUT2D eigenvalue weighted by molar-refractivity contribution is 6.30. The zero-order valence-corrected chi connectivity index (χ0v) is 14.9. The second kappa shape index (κ2) is 5.46. The molecule has 4 rings (SSSR count). The molecule has 0 radical (unpaired) electrons. The molecule has 0 amide bonds. The fourth-order valence-electron chi connectivity index (χ4n) is 6.39. The highest BCUT2D eigenvalue weighted by Crippen LogP contribution is 2.62. The molecule has 4 aliphatic rings. The molecule has 0 aromatic heterocycles. The maximum atomic E-state index is 11.8. The van der Waals surface area contributed by atoms with Gasteiger partial charge in [-0.1, -0.05) is 37.1 Å². The Hall–Kier alpha value is -0.600. The fraction of sp³-hybridized carbons (Fsp3) is 0.750. The number of hydrogen-bond donors (Lipinski definition) is 1. The van der Waals surface area contributed by atoms with Crippen LogP contribution in [0.1, 0.15) is 52.4 Å². The van der Waals surface area contributed by atoms with Crippen molar-refractivity contribution in [2.45, 2.75) is 58.5 Å². The minimum atomic E-state index is -0.499. The lowest BCUT2D eigenvalue weighted by atomic mass is 9.46. The second-order valence-corrected chi connectivity index (χ2v) is 9.07. The Morgan fingerprint density at radius 2 is 2.13 bits per heavy atom. The van der Waals surface area contributed by atoms with E-state index >= 15 is 0 Å². The third-order valence-corrected chi connectivity index (χ3v) is 7.89. The van der Waals surface area contributed by atoms with Crippen LogP contribution in [0, 0.1) is 35.0 Å². The van der Waals surface area contributed by atoms with Crippen molar-refractivity contribution in [3.05, 3.63) is 22.8 Å². The molecule has 0 spiro atoms. The van der Waals surface area contributed by atoms with E-state index in [-0.39, 0.29) is 5.41 Å². The zero-order valence-electron chi connectivity index (χ0n) is 14.1. The predicted molar refractivity (Wildman–Crippen MR) is 92.0 cm³/mol. The Morgan fingerprint density at radius 1 is 1.35 bits per heavy atom. The summed E-state index contributed by atoms with van der Waals surface area (Å²) in [5.41, 5.74) is 1.34. The van der Waals surface area contributed by atoms with Crippen LogP contribution in [-0.2, 0) is 4.79 Å². The van der Waals surface area contributed by atoms with Gasteiger partial charge in [0.1, 0.15) is 0 Å². The van der Waals surface area contributed by atoms with E-state index in [2.05, 4.69) is 19.9 Å². The number of fused-ring (bicyclic) bond motifs is 5. The first kappa shape index (κ1) is 15.9. The third kappa shape index (κ3) is 2.28. The van der Waals surface area contributed by atoms with Crippen molar-refractivity contribution in [2.24, 2.45) is 35.0 Å². The van der Waals surface area contributed by atoms with Gasteiger partial charge in [0, 0.05) is 16.9 Å². The van der Waals surface area contributed by atoms with Gasteiger partial charge in [0.15, 0.2) is 5.78 Å². The molecule has 1 unspecified atom stereocenters. The number of ketones is 1. The van der Waals surface area contributed by atoms with Crippen LogP contribution in [0.25, 0.3) is 0 Å².